The maximum atomic E-state index is 3.15. The first kappa shape index (κ1) is 58.5. The summed E-state index contributed by atoms with van der Waals surface area (Å²) in [7, 11) is 0. The molecule has 6 heteroatoms. The van der Waals surface area contributed by atoms with Crippen LogP contribution in [0.2, 0.25) is 0 Å². The molecule has 0 unspecified atom stereocenters. The summed E-state index contributed by atoms with van der Waals surface area (Å²) in [5.41, 5.74) is 19.7. The van der Waals surface area contributed by atoms with Crippen molar-refractivity contribution in [2.75, 3.05) is 18.0 Å². The number of hydrogen-bond acceptors (Lipinski definition) is 5. The van der Waals surface area contributed by atoms with Crippen molar-refractivity contribution in [3.05, 3.63) is 55.6 Å². The van der Waals surface area contributed by atoms with E-state index in [0.29, 0.717) is 0 Å². The standard InChI is InChI=1S/C73H119N6/c1-54-68(49-76(60-31-15-7-16-32-60)61-33-17-8-18-34-61)56(3)72(57(4)69(54)50-77(62-35-19-9-20-36-62)63-37-21-10-22-38-63)74-47-48-75(53-74)73-58(5)70(51-78(64-39-23-11-24-40-64)65-41-25-12-26-42-65)55(2)71(59(73)6)52-79(66-43-27-13-28-44-66)67-45-29-14-30-46-67/h53,60-67H,7-52H2,1-6H3/q+1. The molecule has 8 saturated carbocycles. The quantitative estimate of drug-likeness (QED) is 0.138. The summed E-state index contributed by atoms with van der Waals surface area (Å²) >= 11 is 0. The summed E-state index contributed by atoms with van der Waals surface area (Å²) in [6, 6.07) is 5.95. The topological polar surface area (TPSA) is 19.2 Å². The number of benzene rings is 2. The van der Waals surface area contributed by atoms with Crippen molar-refractivity contribution in [1.29, 1.82) is 0 Å². The second-order valence-corrected chi connectivity index (χ2v) is 28.9. The molecule has 1 heterocycles. The highest BCUT2D eigenvalue weighted by atomic mass is 15.3. The summed E-state index contributed by atoms with van der Waals surface area (Å²) in [6.45, 7) is 22.4. The molecule has 9 aliphatic rings. The molecular weight excluding hydrogens is 961 g/mol. The molecule has 0 atom stereocenters. The van der Waals surface area contributed by atoms with E-state index in [9.17, 15) is 0 Å². The van der Waals surface area contributed by atoms with Gasteiger partial charge in [0.15, 0.2) is 0 Å². The van der Waals surface area contributed by atoms with E-state index in [0.717, 1.165) is 87.6 Å². The van der Waals surface area contributed by atoms with Crippen molar-refractivity contribution in [2.45, 2.75) is 373 Å². The van der Waals surface area contributed by atoms with Gasteiger partial charge in [-0.2, -0.15) is 0 Å². The molecule has 0 radical (unpaired) electrons. The zero-order valence-corrected chi connectivity index (χ0v) is 52.4. The zero-order valence-electron chi connectivity index (χ0n) is 52.4. The number of nitrogens with zero attached hydrogens (tertiary/aromatic N) is 6. The van der Waals surface area contributed by atoms with E-state index < -0.39 is 0 Å². The Bertz CT molecular complexity index is 2070. The average Bonchev–Trinajstić information content (AvgIpc) is 4.09. The first-order valence-electron chi connectivity index (χ1n) is 35.4. The van der Waals surface area contributed by atoms with Gasteiger partial charge in [-0.3, -0.25) is 19.6 Å². The molecule has 2 aromatic carbocycles. The normalized spacial score (nSPS) is 24.3. The highest BCUT2D eigenvalue weighted by Gasteiger charge is 2.39. The fourth-order valence-electron chi connectivity index (χ4n) is 19.5. The highest BCUT2D eigenvalue weighted by molar-refractivity contribution is 5.84. The van der Waals surface area contributed by atoms with E-state index in [1.807, 2.05) is 0 Å². The third kappa shape index (κ3) is 13.5. The van der Waals surface area contributed by atoms with Crippen LogP contribution >= 0.6 is 0 Å². The monoisotopic (exact) mass is 1080 g/mol. The van der Waals surface area contributed by atoms with Crippen LogP contribution in [0.4, 0.5) is 11.4 Å². The van der Waals surface area contributed by atoms with Crippen LogP contribution in [-0.4, -0.2) is 91.9 Å². The van der Waals surface area contributed by atoms with Gasteiger partial charge in [0.25, 0.3) is 0 Å². The first-order valence-corrected chi connectivity index (χ1v) is 35.4. The van der Waals surface area contributed by atoms with Gasteiger partial charge in [0.05, 0.1) is 0 Å². The van der Waals surface area contributed by atoms with Crippen molar-refractivity contribution in [3.63, 3.8) is 0 Å². The molecule has 0 saturated heterocycles. The molecule has 0 amide bonds. The van der Waals surface area contributed by atoms with E-state index in [1.165, 1.54) is 257 Å². The van der Waals surface area contributed by atoms with Crippen molar-refractivity contribution in [3.8, 4) is 0 Å². The van der Waals surface area contributed by atoms with Crippen LogP contribution in [-0.2, 0) is 26.2 Å². The van der Waals surface area contributed by atoms with Gasteiger partial charge in [0.1, 0.15) is 24.5 Å². The highest BCUT2D eigenvalue weighted by Crippen LogP contribution is 2.44. The van der Waals surface area contributed by atoms with E-state index in [-0.39, 0.29) is 0 Å². The maximum Gasteiger partial charge on any atom is 0.244 e. The van der Waals surface area contributed by atoms with Gasteiger partial charge in [0.2, 0.25) is 6.34 Å². The fourth-order valence-corrected chi connectivity index (χ4v) is 19.5. The lowest BCUT2D eigenvalue weighted by atomic mass is 9.84. The number of hydrogen-bond donors (Lipinski definition) is 0. The lowest BCUT2D eigenvalue weighted by Crippen LogP contribution is -2.45. The molecule has 11 rings (SSSR count). The first-order chi connectivity index (χ1) is 38.7. The van der Waals surface area contributed by atoms with E-state index in [2.05, 4.69) is 77.0 Å². The molecule has 0 N–H and O–H groups in total. The minimum Gasteiger partial charge on any atom is -0.293 e. The Morgan fingerprint density at radius 1 is 0.304 bits per heavy atom. The molecular formula is C73H119N6+. The Kier molecular flexibility index (Phi) is 20.8. The summed E-state index contributed by atoms with van der Waals surface area (Å²) in [5.74, 6) is 0. The molecule has 2 aromatic rings. The van der Waals surface area contributed by atoms with Gasteiger partial charge in [-0.15, -0.1) is 0 Å². The Morgan fingerprint density at radius 3 is 0.747 bits per heavy atom. The predicted molar refractivity (Wildman–Crippen MR) is 337 cm³/mol. The molecule has 6 nitrogen and oxygen atoms in total. The minimum atomic E-state index is 0.744. The lowest BCUT2D eigenvalue weighted by Gasteiger charge is -2.43. The average molecular weight is 1080 g/mol. The van der Waals surface area contributed by atoms with Crippen LogP contribution < -0.4 is 4.90 Å². The minimum absolute atomic E-state index is 0.744. The van der Waals surface area contributed by atoms with Gasteiger partial charge < -0.3 is 0 Å². The van der Waals surface area contributed by atoms with Crippen LogP contribution in [0.15, 0.2) is 0 Å². The molecule has 1 aliphatic heterocycles. The van der Waals surface area contributed by atoms with Crippen molar-refractivity contribution in [1.82, 2.24) is 19.6 Å². The Balaban J connectivity index is 1.03. The molecule has 8 aliphatic carbocycles. The van der Waals surface area contributed by atoms with E-state index in [4.69, 9.17) is 0 Å². The Labute approximate surface area is 486 Å². The SMILES string of the molecule is Cc1c(CN(C2CCCCC2)C2CCCCC2)c(C)c(N2C=[N+](c3c(C)c(CN(C4CCCCC4)C4CCCCC4)c(C)c(CN(C4CCCCC4)C4CCCCC4)c3C)CC2)c(C)c1CN(C1CCCCC1)C1CCCCC1. The molecule has 0 bridgehead atoms. The van der Waals surface area contributed by atoms with Crippen LogP contribution in [0.5, 0.6) is 0 Å². The Hall–Kier alpha value is -2.25. The summed E-state index contributed by atoms with van der Waals surface area (Å²) in [4.78, 5) is 15.4. The van der Waals surface area contributed by atoms with Gasteiger partial charge in [-0.25, -0.2) is 9.48 Å². The smallest absolute Gasteiger partial charge is 0.244 e. The molecule has 8 fully saturated rings. The third-order valence-electron chi connectivity index (χ3n) is 24.2. The van der Waals surface area contributed by atoms with E-state index in [1.54, 1.807) is 67.0 Å². The summed E-state index contributed by atoms with van der Waals surface area (Å²) < 4.78 is 2.83. The van der Waals surface area contributed by atoms with Crippen molar-refractivity contribution < 1.29 is 4.58 Å². The second kappa shape index (κ2) is 28.1. The van der Waals surface area contributed by atoms with E-state index >= 15 is 0 Å². The molecule has 79 heavy (non-hydrogen) atoms. The largest absolute Gasteiger partial charge is 0.293 e. The summed E-state index contributed by atoms with van der Waals surface area (Å²) in [5, 5.41) is 0. The van der Waals surface area contributed by atoms with Crippen molar-refractivity contribution in [2.24, 2.45) is 0 Å². The summed E-state index contributed by atoms with van der Waals surface area (Å²) in [6.07, 6.45) is 59.5. The number of anilines is 1. The predicted octanol–water partition coefficient (Wildman–Crippen LogP) is 18.6. The molecule has 0 spiro atoms. The van der Waals surface area contributed by atoms with Crippen LogP contribution in [0.25, 0.3) is 0 Å². The third-order valence-corrected chi connectivity index (χ3v) is 24.2. The van der Waals surface area contributed by atoms with Crippen LogP contribution in [0, 0.1) is 41.5 Å². The Morgan fingerprint density at radius 2 is 0.519 bits per heavy atom. The molecule has 440 valence electrons. The van der Waals surface area contributed by atoms with Crippen LogP contribution in [0.1, 0.15) is 312 Å². The van der Waals surface area contributed by atoms with Crippen LogP contribution in [0.3, 0.4) is 0 Å². The fraction of sp³-hybridized carbons (Fsp3) is 0.822. The van der Waals surface area contributed by atoms with Crippen molar-refractivity contribution >= 4 is 17.7 Å². The zero-order chi connectivity index (χ0) is 54.2. The molecule has 0 aromatic heterocycles. The van der Waals surface area contributed by atoms with Gasteiger partial charge in [-0.1, -0.05) is 154 Å². The maximum absolute atomic E-state index is 3.15. The lowest BCUT2D eigenvalue weighted by molar-refractivity contribution is -0.425. The number of rotatable bonds is 18. The van der Waals surface area contributed by atoms with Gasteiger partial charge in [0, 0.05) is 96.8 Å². The van der Waals surface area contributed by atoms with Gasteiger partial charge >= 0.3 is 0 Å². The second-order valence-electron chi connectivity index (χ2n) is 28.9. The van der Waals surface area contributed by atoms with Gasteiger partial charge in [-0.05, 0) is 178 Å².